The highest BCUT2D eigenvalue weighted by Crippen LogP contribution is 2.17. The Bertz CT molecular complexity index is 669. The second-order valence-corrected chi connectivity index (χ2v) is 7.69. The molecule has 0 saturated carbocycles. The van der Waals surface area contributed by atoms with Crippen molar-refractivity contribution in [3.8, 4) is 0 Å². The number of hydrogen-bond acceptors (Lipinski definition) is 10. The van der Waals surface area contributed by atoms with Gasteiger partial charge in [0.1, 0.15) is 17.0 Å². The summed E-state index contributed by atoms with van der Waals surface area (Å²) in [6.07, 6.45) is 2.85. The Kier molecular flexibility index (Phi) is 12.1. The van der Waals surface area contributed by atoms with Gasteiger partial charge >= 0.3 is 12.1 Å². The zero-order chi connectivity index (χ0) is 22.4. The maximum Gasteiger partial charge on any atom is 0.407 e. The van der Waals surface area contributed by atoms with E-state index in [0.29, 0.717) is 50.5 Å². The van der Waals surface area contributed by atoms with Crippen molar-refractivity contribution in [2.24, 2.45) is 0 Å². The summed E-state index contributed by atoms with van der Waals surface area (Å²) in [5, 5.41) is 6.25. The van der Waals surface area contributed by atoms with E-state index in [2.05, 4.69) is 20.6 Å². The Morgan fingerprint density at radius 3 is 2.37 bits per heavy atom. The second kappa shape index (κ2) is 14.0. The van der Waals surface area contributed by atoms with Crippen molar-refractivity contribution >= 4 is 29.6 Å². The fourth-order valence-electron chi connectivity index (χ4n) is 2.06. The van der Waals surface area contributed by atoms with Crippen LogP contribution in [0.5, 0.6) is 0 Å². The van der Waals surface area contributed by atoms with E-state index in [0.717, 1.165) is 0 Å². The highest BCUT2D eigenvalue weighted by molar-refractivity contribution is 7.98. The van der Waals surface area contributed by atoms with E-state index in [-0.39, 0.29) is 12.2 Å². The summed E-state index contributed by atoms with van der Waals surface area (Å²) in [6.45, 7) is 9.81. The molecule has 0 aliphatic rings. The predicted octanol–water partition coefficient (Wildman–Crippen LogP) is 2.35. The molecule has 0 fully saturated rings. The first kappa shape index (κ1) is 25.9. The van der Waals surface area contributed by atoms with Gasteiger partial charge in [-0.1, -0.05) is 11.8 Å². The van der Waals surface area contributed by atoms with Crippen LogP contribution in [0.2, 0.25) is 0 Å². The SMILES string of the molecule is CCOC(=O)c1cnc(SC)nc1NCCOCCOCCNC(=O)OC(C)(C)C. The number of carbonyl (C=O) groups excluding carboxylic acids is 2. The minimum atomic E-state index is -0.521. The summed E-state index contributed by atoms with van der Waals surface area (Å²) in [6, 6.07) is 0. The van der Waals surface area contributed by atoms with Crippen LogP contribution in [0.3, 0.4) is 0 Å². The zero-order valence-corrected chi connectivity index (χ0v) is 19.1. The number of nitrogens with zero attached hydrogens (tertiary/aromatic N) is 2. The van der Waals surface area contributed by atoms with Gasteiger partial charge in [0.25, 0.3) is 0 Å². The molecule has 0 radical (unpaired) electrons. The summed E-state index contributed by atoms with van der Waals surface area (Å²) < 4.78 is 21.0. The maximum atomic E-state index is 12.0. The van der Waals surface area contributed by atoms with Gasteiger partial charge in [-0.15, -0.1) is 0 Å². The van der Waals surface area contributed by atoms with Gasteiger partial charge in [-0.2, -0.15) is 0 Å². The molecule has 170 valence electrons. The molecule has 10 nitrogen and oxygen atoms in total. The van der Waals surface area contributed by atoms with E-state index in [1.54, 1.807) is 27.7 Å². The van der Waals surface area contributed by atoms with Crippen molar-refractivity contribution in [1.82, 2.24) is 15.3 Å². The number of anilines is 1. The third-order valence-electron chi connectivity index (χ3n) is 3.27. The quantitative estimate of drug-likeness (QED) is 0.203. The monoisotopic (exact) mass is 444 g/mol. The summed E-state index contributed by atoms with van der Waals surface area (Å²) in [5.74, 6) is -0.0529. The zero-order valence-electron chi connectivity index (χ0n) is 18.3. The van der Waals surface area contributed by atoms with Crippen LogP contribution < -0.4 is 10.6 Å². The van der Waals surface area contributed by atoms with E-state index >= 15 is 0 Å². The molecule has 0 saturated heterocycles. The van der Waals surface area contributed by atoms with Crippen LogP contribution in [-0.4, -0.2) is 80.0 Å². The number of rotatable bonds is 13. The lowest BCUT2D eigenvalue weighted by Crippen LogP contribution is -2.34. The Morgan fingerprint density at radius 2 is 1.77 bits per heavy atom. The lowest BCUT2D eigenvalue weighted by atomic mass is 10.2. The molecule has 0 aromatic carbocycles. The van der Waals surface area contributed by atoms with Crippen molar-refractivity contribution in [1.29, 1.82) is 0 Å². The first-order valence-electron chi connectivity index (χ1n) is 9.71. The highest BCUT2D eigenvalue weighted by Gasteiger charge is 2.16. The Balaban J connectivity index is 2.19. The van der Waals surface area contributed by atoms with E-state index in [1.807, 2.05) is 6.26 Å². The molecule has 30 heavy (non-hydrogen) atoms. The van der Waals surface area contributed by atoms with Crippen LogP contribution >= 0.6 is 11.8 Å². The Labute approximate surface area is 181 Å². The molecular weight excluding hydrogens is 412 g/mol. The number of esters is 1. The number of nitrogens with one attached hydrogen (secondary N) is 2. The average Bonchev–Trinajstić information content (AvgIpc) is 2.68. The standard InChI is InChI=1S/C19H32N4O6S/c1-6-28-16(24)14-13-22-17(30-5)23-15(14)20-7-9-26-11-12-27-10-8-21-18(25)29-19(2,3)4/h13H,6-12H2,1-5H3,(H,21,25)(H,20,22,23). The van der Waals surface area contributed by atoms with E-state index in [1.165, 1.54) is 18.0 Å². The molecule has 1 aromatic rings. The van der Waals surface area contributed by atoms with Crippen LogP contribution in [0.4, 0.5) is 10.6 Å². The summed E-state index contributed by atoms with van der Waals surface area (Å²) in [4.78, 5) is 31.9. The van der Waals surface area contributed by atoms with E-state index < -0.39 is 17.7 Å². The summed E-state index contributed by atoms with van der Waals surface area (Å²) >= 11 is 1.38. The minimum absolute atomic E-state index is 0.277. The molecule has 0 bridgehead atoms. The van der Waals surface area contributed by atoms with Crippen LogP contribution in [0.15, 0.2) is 11.4 Å². The van der Waals surface area contributed by atoms with Gasteiger partial charge in [-0.25, -0.2) is 19.6 Å². The molecule has 1 amide bonds. The van der Waals surface area contributed by atoms with E-state index in [4.69, 9.17) is 18.9 Å². The van der Waals surface area contributed by atoms with Gasteiger partial charge in [-0.05, 0) is 34.0 Å². The first-order valence-corrected chi connectivity index (χ1v) is 10.9. The lowest BCUT2D eigenvalue weighted by molar-refractivity contribution is 0.0414. The van der Waals surface area contributed by atoms with Crippen LogP contribution in [0, 0.1) is 0 Å². The third kappa shape index (κ3) is 11.2. The van der Waals surface area contributed by atoms with Crippen molar-refractivity contribution in [2.75, 3.05) is 57.7 Å². The fourth-order valence-corrected chi connectivity index (χ4v) is 2.40. The van der Waals surface area contributed by atoms with Crippen LogP contribution in [0.25, 0.3) is 0 Å². The van der Waals surface area contributed by atoms with Crippen LogP contribution in [0.1, 0.15) is 38.1 Å². The second-order valence-electron chi connectivity index (χ2n) is 6.92. The molecule has 1 aromatic heterocycles. The molecule has 0 spiro atoms. The summed E-state index contributed by atoms with van der Waals surface area (Å²) in [5.41, 5.74) is -0.234. The Morgan fingerprint density at radius 1 is 1.10 bits per heavy atom. The number of hydrogen-bond donors (Lipinski definition) is 2. The van der Waals surface area contributed by atoms with Gasteiger partial charge in [0, 0.05) is 19.3 Å². The van der Waals surface area contributed by atoms with Gasteiger partial charge in [-0.3, -0.25) is 0 Å². The van der Waals surface area contributed by atoms with E-state index in [9.17, 15) is 9.59 Å². The van der Waals surface area contributed by atoms with Gasteiger partial charge in [0.15, 0.2) is 5.16 Å². The van der Waals surface area contributed by atoms with Gasteiger partial charge in [0.2, 0.25) is 0 Å². The smallest absolute Gasteiger partial charge is 0.407 e. The summed E-state index contributed by atoms with van der Waals surface area (Å²) in [7, 11) is 0. The topological polar surface area (TPSA) is 121 Å². The molecule has 0 aliphatic carbocycles. The maximum absolute atomic E-state index is 12.0. The van der Waals surface area contributed by atoms with Crippen molar-refractivity contribution < 1.29 is 28.5 Å². The number of ether oxygens (including phenoxy) is 4. The number of thioether (sulfide) groups is 1. The largest absolute Gasteiger partial charge is 0.462 e. The molecule has 1 heterocycles. The van der Waals surface area contributed by atoms with Crippen molar-refractivity contribution in [3.63, 3.8) is 0 Å². The van der Waals surface area contributed by atoms with Gasteiger partial charge in [0.05, 0.1) is 33.0 Å². The highest BCUT2D eigenvalue weighted by atomic mass is 32.2. The molecule has 0 atom stereocenters. The average molecular weight is 445 g/mol. The lowest BCUT2D eigenvalue weighted by Gasteiger charge is -2.19. The number of aromatic nitrogens is 2. The van der Waals surface area contributed by atoms with Crippen molar-refractivity contribution in [3.05, 3.63) is 11.8 Å². The number of carbonyl (C=O) groups is 2. The molecule has 2 N–H and O–H groups in total. The number of amides is 1. The Hall–Kier alpha value is -2.11. The molecule has 0 unspecified atom stereocenters. The third-order valence-corrected chi connectivity index (χ3v) is 3.83. The first-order chi connectivity index (χ1) is 14.3. The van der Waals surface area contributed by atoms with Gasteiger partial charge < -0.3 is 29.6 Å². The fraction of sp³-hybridized carbons (Fsp3) is 0.684. The number of alkyl carbamates (subject to hydrolysis) is 1. The van der Waals surface area contributed by atoms with Crippen molar-refractivity contribution in [2.45, 2.75) is 38.5 Å². The molecular formula is C19H32N4O6S. The molecule has 1 rings (SSSR count). The molecule has 11 heteroatoms. The predicted molar refractivity (Wildman–Crippen MR) is 114 cm³/mol. The van der Waals surface area contributed by atoms with Crippen LogP contribution in [-0.2, 0) is 18.9 Å². The normalized spacial score (nSPS) is 11.1. The molecule has 0 aliphatic heterocycles. The minimum Gasteiger partial charge on any atom is -0.462 e.